The van der Waals surface area contributed by atoms with Gasteiger partial charge >= 0.3 is 10.4 Å². The van der Waals surface area contributed by atoms with E-state index in [1.807, 2.05) is 0 Å². The first-order chi connectivity index (χ1) is 6.70. The van der Waals surface area contributed by atoms with Crippen LogP contribution in [0, 0.1) is 0 Å². The average Bonchev–Trinajstić information content (AvgIpc) is 2.01. The molecule has 0 atom stereocenters. The van der Waals surface area contributed by atoms with Crippen molar-refractivity contribution in [1.29, 1.82) is 0 Å². The highest BCUT2D eigenvalue weighted by atomic mass is 32.3. The van der Waals surface area contributed by atoms with Crippen molar-refractivity contribution in [2.75, 3.05) is 10.9 Å². The van der Waals surface area contributed by atoms with Crippen LogP contribution in [0.15, 0.2) is 24.3 Å². The molecule has 0 radical (unpaired) electrons. The van der Waals surface area contributed by atoms with Gasteiger partial charge in [0.15, 0.2) is 0 Å². The molecule has 0 aliphatic heterocycles. The summed E-state index contributed by atoms with van der Waals surface area (Å²) in [6, 6.07) is 6.97. The smallest absolute Gasteiger partial charge is 0.394 e. The van der Waals surface area contributed by atoms with Gasteiger partial charge in [-0.25, -0.2) is 16.8 Å². The number of benzene rings is 1. The van der Waals surface area contributed by atoms with Gasteiger partial charge < -0.3 is 5.73 Å². The molecule has 0 amide bonds. The Kier molecular flexibility index (Phi) is 4.97. The lowest BCUT2D eigenvalue weighted by atomic mass is 10.3. The molecule has 0 aliphatic carbocycles. The number of nitrogen functional groups attached to an aromatic ring is 1. The second-order valence-electron chi connectivity index (χ2n) is 2.45. The second-order valence-corrected chi connectivity index (χ2v) is 3.34. The first kappa shape index (κ1) is 13.6. The van der Waals surface area contributed by atoms with Crippen molar-refractivity contribution >= 4 is 21.8 Å². The maximum absolute atomic E-state index is 8.74. The standard InChI is InChI=1S/C6H10N4.H2O4S/c7-5-1-3-6(4-2-5)10(8)9;1-5(2,3)4/h1-4H,7-9H2;(H2,1,2,3,4). The molecule has 9 heteroatoms. The third-order valence-corrected chi connectivity index (χ3v) is 1.19. The maximum Gasteiger partial charge on any atom is 0.394 e. The molecule has 0 fully saturated rings. The molecule has 0 saturated carbocycles. The quantitative estimate of drug-likeness (QED) is 0.183. The molecule has 0 unspecified atom stereocenters. The third kappa shape index (κ3) is 8.93. The van der Waals surface area contributed by atoms with Crippen molar-refractivity contribution in [3.8, 4) is 0 Å². The minimum absolute atomic E-state index is 0.700. The SMILES string of the molecule is Nc1ccc(N(N)N)cc1.O=S(=O)(O)O. The molecular weight excluding hydrogens is 224 g/mol. The Hall–Kier alpha value is -1.39. The fourth-order valence-corrected chi connectivity index (χ4v) is 0.646. The molecule has 0 aromatic heterocycles. The van der Waals surface area contributed by atoms with Crippen molar-refractivity contribution < 1.29 is 17.5 Å². The van der Waals surface area contributed by atoms with E-state index in [-0.39, 0.29) is 0 Å². The van der Waals surface area contributed by atoms with Gasteiger partial charge in [0, 0.05) is 5.69 Å². The number of hydrazine groups is 2. The molecule has 8 N–H and O–H groups in total. The summed E-state index contributed by atoms with van der Waals surface area (Å²) in [7, 11) is -4.67. The fourth-order valence-electron chi connectivity index (χ4n) is 0.646. The molecule has 0 bridgehead atoms. The molecule has 15 heavy (non-hydrogen) atoms. The third-order valence-electron chi connectivity index (χ3n) is 1.19. The van der Waals surface area contributed by atoms with Crippen LogP contribution < -0.4 is 22.5 Å². The molecule has 1 rings (SSSR count). The predicted molar refractivity (Wildman–Crippen MR) is 55.9 cm³/mol. The number of nitrogens with two attached hydrogens (primary N) is 3. The van der Waals surface area contributed by atoms with Crippen LogP contribution in [0.4, 0.5) is 11.4 Å². The summed E-state index contributed by atoms with van der Waals surface area (Å²) in [5, 5.41) is 1.04. The fraction of sp³-hybridized carbons (Fsp3) is 0. The zero-order chi connectivity index (χ0) is 12.1. The molecule has 86 valence electrons. The lowest BCUT2D eigenvalue weighted by molar-refractivity contribution is 0.381. The van der Waals surface area contributed by atoms with Gasteiger partial charge in [0.1, 0.15) is 0 Å². The highest BCUT2D eigenvalue weighted by Crippen LogP contribution is 2.10. The summed E-state index contributed by atoms with van der Waals surface area (Å²) in [6.07, 6.45) is 0. The summed E-state index contributed by atoms with van der Waals surface area (Å²) >= 11 is 0. The Morgan fingerprint density at radius 3 is 1.67 bits per heavy atom. The van der Waals surface area contributed by atoms with Crippen molar-refractivity contribution in [3.63, 3.8) is 0 Å². The summed E-state index contributed by atoms with van der Waals surface area (Å²) in [5.41, 5.74) is 6.86. The number of hydrogen-bond donors (Lipinski definition) is 5. The van der Waals surface area contributed by atoms with Gasteiger partial charge in [0.05, 0.1) is 5.69 Å². The number of hydrogen-bond acceptors (Lipinski definition) is 6. The zero-order valence-corrected chi connectivity index (χ0v) is 8.42. The molecule has 1 aromatic carbocycles. The summed E-state index contributed by atoms with van der Waals surface area (Å²) in [6.45, 7) is 0. The van der Waals surface area contributed by atoms with E-state index < -0.39 is 10.4 Å². The van der Waals surface area contributed by atoms with E-state index in [0.29, 0.717) is 5.69 Å². The van der Waals surface area contributed by atoms with Crippen LogP contribution in [0.3, 0.4) is 0 Å². The lowest BCUT2D eigenvalue weighted by Crippen LogP contribution is -2.37. The Bertz CT molecular complexity index is 380. The maximum atomic E-state index is 8.74. The summed E-state index contributed by atoms with van der Waals surface area (Å²) in [5.74, 6) is 10.5. The Morgan fingerprint density at radius 1 is 1.07 bits per heavy atom. The van der Waals surface area contributed by atoms with Crippen molar-refractivity contribution in [2.45, 2.75) is 0 Å². The van der Waals surface area contributed by atoms with Crippen LogP contribution in [-0.4, -0.2) is 17.5 Å². The van der Waals surface area contributed by atoms with Gasteiger partial charge in [-0.15, -0.1) is 0 Å². The molecule has 0 heterocycles. The molecular formula is C6H12N4O4S. The van der Waals surface area contributed by atoms with E-state index in [1.54, 1.807) is 24.3 Å². The average molecular weight is 236 g/mol. The number of anilines is 2. The zero-order valence-electron chi connectivity index (χ0n) is 7.61. The molecule has 1 aromatic rings. The highest BCUT2D eigenvalue weighted by Gasteiger charge is 1.92. The van der Waals surface area contributed by atoms with Crippen LogP contribution in [0.1, 0.15) is 0 Å². The van der Waals surface area contributed by atoms with Crippen molar-refractivity contribution in [3.05, 3.63) is 24.3 Å². The largest absolute Gasteiger partial charge is 0.399 e. The van der Waals surface area contributed by atoms with Gasteiger partial charge in [-0.2, -0.15) is 8.42 Å². The molecule has 8 nitrogen and oxygen atoms in total. The highest BCUT2D eigenvalue weighted by molar-refractivity contribution is 7.79. The van der Waals surface area contributed by atoms with Crippen LogP contribution in [0.2, 0.25) is 0 Å². The van der Waals surface area contributed by atoms with Gasteiger partial charge in [-0.1, -0.05) is 0 Å². The first-order valence-corrected chi connectivity index (χ1v) is 4.95. The van der Waals surface area contributed by atoms with Gasteiger partial charge in [0.25, 0.3) is 0 Å². The predicted octanol–water partition coefficient (Wildman–Crippen LogP) is -0.830. The summed E-state index contributed by atoms with van der Waals surface area (Å²) < 4.78 is 31.6. The van der Waals surface area contributed by atoms with Crippen LogP contribution in [0.5, 0.6) is 0 Å². The number of rotatable bonds is 1. The summed E-state index contributed by atoms with van der Waals surface area (Å²) in [4.78, 5) is 0. The van der Waals surface area contributed by atoms with E-state index in [9.17, 15) is 0 Å². The first-order valence-electron chi connectivity index (χ1n) is 3.55. The Labute approximate surface area is 86.8 Å². The minimum Gasteiger partial charge on any atom is -0.399 e. The molecule has 0 spiro atoms. The topological polar surface area (TPSA) is 156 Å². The van der Waals surface area contributed by atoms with Gasteiger partial charge in [-0.3, -0.25) is 9.11 Å². The van der Waals surface area contributed by atoms with E-state index >= 15 is 0 Å². The van der Waals surface area contributed by atoms with E-state index in [4.69, 9.17) is 34.9 Å². The van der Waals surface area contributed by atoms with Crippen molar-refractivity contribution in [1.82, 2.24) is 0 Å². The molecule has 0 saturated heterocycles. The second kappa shape index (κ2) is 5.48. The lowest BCUT2D eigenvalue weighted by Gasteiger charge is -2.10. The molecule has 0 aliphatic rings. The monoisotopic (exact) mass is 236 g/mol. The van der Waals surface area contributed by atoms with Crippen LogP contribution >= 0.6 is 0 Å². The van der Waals surface area contributed by atoms with Crippen LogP contribution in [0.25, 0.3) is 0 Å². The van der Waals surface area contributed by atoms with E-state index in [0.717, 1.165) is 10.8 Å². The van der Waals surface area contributed by atoms with E-state index in [2.05, 4.69) is 0 Å². The Morgan fingerprint density at radius 2 is 1.40 bits per heavy atom. The van der Waals surface area contributed by atoms with Gasteiger partial charge in [-0.05, 0) is 24.3 Å². The van der Waals surface area contributed by atoms with Crippen LogP contribution in [-0.2, 0) is 10.4 Å². The normalized spacial score (nSPS) is 10.1. The van der Waals surface area contributed by atoms with Gasteiger partial charge in [0.2, 0.25) is 0 Å². The van der Waals surface area contributed by atoms with Crippen molar-refractivity contribution in [2.24, 2.45) is 11.7 Å². The Balaban J connectivity index is 0.000000336. The van der Waals surface area contributed by atoms with E-state index in [1.165, 1.54) is 0 Å². The minimum atomic E-state index is -4.67. The number of nitrogens with zero attached hydrogens (tertiary/aromatic N) is 1.